The minimum absolute atomic E-state index is 0.00978. The van der Waals surface area contributed by atoms with Crippen LogP contribution in [0.25, 0.3) is 11.0 Å². The number of nitrogens with one attached hydrogen (secondary N) is 1. The van der Waals surface area contributed by atoms with Crippen molar-refractivity contribution in [3.05, 3.63) is 140 Å². The first-order valence-corrected chi connectivity index (χ1v) is 14.6. The summed E-state index contributed by atoms with van der Waals surface area (Å²) in [6.45, 7) is 0.00978. The lowest BCUT2D eigenvalue weighted by molar-refractivity contribution is -0.154. The summed E-state index contributed by atoms with van der Waals surface area (Å²) in [6.07, 6.45) is -11.9. The number of benzene rings is 4. The summed E-state index contributed by atoms with van der Waals surface area (Å²) in [5.41, 5.74) is -2.38. The number of ether oxygens (including phenoxy) is 1. The number of carbonyl (C=O) groups excluding carboxylic acids is 2. The van der Waals surface area contributed by atoms with Gasteiger partial charge in [0.2, 0.25) is 6.10 Å². The molecule has 48 heavy (non-hydrogen) atoms. The predicted octanol–water partition coefficient (Wildman–Crippen LogP) is 7.99. The first kappa shape index (κ1) is 34.2. The van der Waals surface area contributed by atoms with Gasteiger partial charge >= 0.3 is 18.3 Å². The lowest BCUT2D eigenvalue weighted by atomic mass is 10.1. The minimum atomic E-state index is -4.72. The number of nitrogens with zero attached hydrogens (tertiary/aromatic N) is 2. The maximum Gasteiger partial charge on any atom is 0.416 e. The van der Waals surface area contributed by atoms with Gasteiger partial charge in [-0.2, -0.15) is 26.3 Å². The van der Waals surface area contributed by atoms with Crippen LogP contribution in [-0.2, 0) is 39.6 Å². The molecule has 0 saturated carbocycles. The summed E-state index contributed by atoms with van der Waals surface area (Å²) in [4.78, 5) is 44.1. The molecule has 1 atom stereocenters. The van der Waals surface area contributed by atoms with E-state index in [1.807, 2.05) is 0 Å². The van der Waals surface area contributed by atoms with Crippen molar-refractivity contribution in [2.45, 2.75) is 37.8 Å². The van der Waals surface area contributed by atoms with E-state index in [1.165, 1.54) is 16.7 Å². The summed E-state index contributed by atoms with van der Waals surface area (Å²) in [7, 11) is 0. The van der Waals surface area contributed by atoms with Crippen LogP contribution in [0.5, 0.6) is 0 Å². The largest absolute Gasteiger partial charge is 0.447 e. The number of hydrogen-bond donors (Lipinski definition) is 1. The molecule has 0 bridgehead atoms. The van der Waals surface area contributed by atoms with Crippen LogP contribution in [0.4, 0.5) is 32.0 Å². The average Bonchev–Trinajstić information content (AvgIpc) is 3.04. The van der Waals surface area contributed by atoms with Gasteiger partial charge in [-0.1, -0.05) is 72.3 Å². The third-order valence-corrected chi connectivity index (χ3v) is 7.56. The molecule has 5 aromatic rings. The van der Waals surface area contributed by atoms with E-state index in [0.717, 1.165) is 30.3 Å². The van der Waals surface area contributed by atoms with Gasteiger partial charge in [-0.25, -0.2) is 4.98 Å². The fourth-order valence-electron chi connectivity index (χ4n) is 4.87. The SMILES string of the molecule is O=C(CCc1nc2cc(C(F)(F)F)ccc2n(Cc2ccccc2)c1=O)O[C@@H](C(=O)Nc1cc(C(F)(F)F)ccc1Cl)c1ccccc1. The highest BCUT2D eigenvalue weighted by molar-refractivity contribution is 6.33. The molecule has 0 radical (unpaired) electrons. The lowest BCUT2D eigenvalue weighted by Gasteiger charge is -2.19. The first-order valence-electron chi connectivity index (χ1n) is 14.3. The van der Waals surface area contributed by atoms with Crippen molar-refractivity contribution in [2.75, 3.05) is 5.32 Å². The quantitative estimate of drug-likeness (QED) is 0.125. The molecule has 0 aliphatic heterocycles. The number of anilines is 1. The molecule has 248 valence electrons. The molecule has 1 heterocycles. The van der Waals surface area contributed by atoms with E-state index in [9.17, 15) is 40.7 Å². The topological polar surface area (TPSA) is 90.3 Å². The van der Waals surface area contributed by atoms with E-state index < -0.39 is 53.4 Å². The normalized spacial score (nSPS) is 12.5. The zero-order valence-corrected chi connectivity index (χ0v) is 25.4. The van der Waals surface area contributed by atoms with Crippen LogP contribution >= 0.6 is 11.6 Å². The van der Waals surface area contributed by atoms with E-state index in [1.54, 1.807) is 48.5 Å². The summed E-state index contributed by atoms with van der Waals surface area (Å²) >= 11 is 6.03. The van der Waals surface area contributed by atoms with Crippen molar-refractivity contribution in [1.29, 1.82) is 0 Å². The Kier molecular flexibility index (Phi) is 9.90. The Morgan fingerprint density at radius 1 is 0.833 bits per heavy atom. The Hall–Kier alpha value is -5.17. The van der Waals surface area contributed by atoms with Crippen molar-refractivity contribution in [1.82, 2.24) is 9.55 Å². The summed E-state index contributed by atoms with van der Waals surface area (Å²) in [6, 6.07) is 21.5. The number of carbonyl (C=O) groups is 2. The third kappa shape index (κ3) is 8.03. The summed E-state index contributed by atoms with van der Waals surface area (Å²) in [5, 5.41) is 2.08. The van der Waals surface area contributed by atoms with Gasteiger partial charge in [-0.15, -0.1) is 0 Å². The van der Waals surface area contributed by atoms with Crippen molar-refractivity contribution < 1.29 is 40.7 Å². The highest BCUT2D eigenvalue weighted by atomic mass is 35.5. The molecule has 1 N–H and O–H groups in total. The second kappa shape index (κ2) is 13.9. The van der Waals surface area contributed by atoms with Gasteiger partial charge in [0.05, 0.1) is 45.8 Å². The maximum atomic E-state index is 13.5. The van der Waals surface area contributed by atoms with Crippen LogP contribution in [-0.4, -0.2) is 21.4 Å². The Labute approximate surface area is 273 Å². The van der Waals surface area contributed by atoms with Gasteiger partial charge in [0.25, 0.3) is 11.5 Å². The molecule has 14 heteroatoms. The van der Waals surface area contributed by atoms with Crippen LogP contribution in [0, 0.1) is 0 Å². The number of amides is 1. The number of alkyl halides is 6. The van der Waals surface area contributed by atoms with Crippen LogP contribution in [0.3, 0.4) is 0 Å². The molecule has 1 aromatic heterocycles. The van der Waals surface area contributed by atoms with Crippen LogP contribution < -0.4 is 10.9 Å². The van der Waals surface area contributed by atoms with Crippen LogP contribution in [0.2, 0.25) is 5.02 Å². The fourth-order valence-corrected chi connectivity index (χ4v) is 5.03. The molecule has 0 spiro atoms. The monoisotopic (exact) mass is 687 g/mol. The highest BCUT2D eigenvalue weighted by Crippen LogP contribution is 2.35. The van der Waals surface area contributed by atoms with Crippen molar-refractivity contribution in [3.63, 3.8) is 0 Å². The molecule has 0 unspecified atom stereocenters. The lowest BCUT2D eigenvalue weighted by Crippen LogP contribution is -2.28. The Morgan fingerprint density at radius 2 is 1.44 bits per heavy atom. The molecular formula is C34H24ClF6N3O4. The third-order valence-electron chi connectivity index (χ3n) is 7.23. The molecule has 5 rings (SSSR count). The molecular weight excluding hydrogens is 664 g/mol. The summed E-state index contributed by atoms with van der Waals surface area (Å²) < 4.78 is 87.1. The van der Waals surface area contributed by atoms with Crippen LogP contribution in [0.1, 0.15) is 40.5 Å². The van der Waals surface area contributed by atoms with Crippen molar-refractivity contribution in [2.24, 2.45) is 0 Å². The first-order chi connectivity index (χ1) is 22.7. The minimum Gasteiger partial charge on any atom is -0.447 e. The second-order valence-corrected chi connectivity index (χ2v) is 11.0. The number of halogens is 7. The fraction of sp³-hybridized carbons (Fsp3) is 0.176. The number of rotatable bonds is 9. The standard InChI is InChI=1S/C34H24ClF6N3O4/c35-24-13-11-22(33(36,37)38)17-26(24)43-31(46)30(21-9-5-2-6-10-21)48-29(45)16-14-25-32(47)44(19-20-7-3-1-4-8-20)28-15-12-23(34(39,40)41)18-27(28)42-25/h1-13,15,17-18,30H,14,16,19H2,(H,43,46)/t30-/m1/s1. The van der Waals surface area contributed by atoms with Crippen molar-refractivity contribution >= 4 is 40.2 Å². The van der Waals surface area contributed by atoms with Crippen LogP contribution in [0.15, 0.2) is 102 Å². The zero-order valence-electron chi connectivity index (χ0n) is 24.6. The van der Waals surface area contributed by atoms with E-state index in [2.05, 4.69) is 10.3 Å². The maximum absolute atomic E-state index is 13.5. The number of fused-ring (bicyclic) bond motifs is 1. The van der Waals surface area contributed by atoms with Gasteiger partial charge in [0, 0.05) is 12.0 Å². The smallest absolute Gasteiger partial charge is 0.416 e. The Balaban J connectivity index is 1.41. The van der Waals surface area contributed by atoms with E-state index >= 15 is 0 Å². The molecule has 0 aliphatic rings. The number of aromatic nitrogens is 2. The average molecular weight is 688 g/mol. The van der Waals surface area contributed by atoms with Crippen molar-refractivity contribution in [3.8, 4) is 0 Å². The van der Waals surface area contributed by atoms with Gasteiger partial charge in [-0.05, 0) is 42.0 Å². The number of aryl methyl sites for hydroxylation is 1. The highest BCUT2D eigenvalue weighted by Gasteiger charge is 2.33. The van der Waals surface area contributed by atoms with E-state index in [4.69, 9.17) is 16.3 Å². The second-order valence-electron chi connectivity index (χ2n) is 10.6. The summed E-state index contributed by atoms with van der Waals surface area (Å²) in [5.74, 6) is -2.00. The van der Waals surface area contributed by atoms with Gasteiger partial charge in [0.15, 0.2) is 0 Å². The Bertz CT molecular complexity index is 2020. The zero-order chi connectivity index (χ0) is 34.6. The van der Waals surface area contributed by atoms with E-state index in [-0.39, 0.29) is 46.0 Å². The molecule has 4 aromatic carbocycles. The number of hydrogen-bond acceptors (Lipinski definition) is 5. The molecule has 0 saturated heterocycles. The number of esters is 1. The molecule has 7 nitrogen and oxygen atoms in total. The van der Waals surface area contributed by atoms with E-state index in [0.29, 0.717) is 11.6 Å². The molecule has 0 fully saturated rings. The van der Waals surface area contributed by atoms with Gasteiger partial charge in [0.1, 0.15) is 5.69 Å². The Morgan fingerprint density at radius 3 is 2.08 bits per heavy atom. The van der Waals surface area contributed by atoms with Gasteiger partial charge in [-0.3, -0.25) is 14.4 Å². The molecule has 0 aliphatic carbocycles. The van der Waals surface area contributed by atoms with Gasteiger partial charge < -0.3 is 14.6 Å². The molecule has 1 amide bonds. The predicted molar refractivity (Wildman–Crippen MR) is 165 cm³/mol.